The van der Waals surface area contributed by atoms with E-state index < -0.39 is 11.2 Å². The molecule has 160 valence electrons. The van der Waals surface area contributed by atoms with Gasteiger partial charge in [-0.05, 0) is 34.1 Å². The third-order valence-electron chi connectivity index (χ3n) is 5.10. The number of rotatable bonds is 9. The van der Waals surface area contributed by atoms with Gasteiger partial charge in [-0.25, -0.2) is 4.79 Å². The fraction of sp³-hybridized carbons (Fsp3) is 0.619. The quantitative estimate of drug-likeness (QED) is 0.619. The first kappa shape index (κ1) is 23.2. The van der Waals surface area contributed by atoms with Crippen LogP contribution in [0.25, 0.3) is 0 Å². The number of aliphatic imine (C=N–C) groups is 2. The lowest BCUT2D eigenvalue weighted by molar-refractivity contribution is -0.125. The monoisotopic (exact) mass is 420 g/mol. The van der Waals surface area contributed by atoms with Crippen molar-refractivity contribution in [3.63, 3.8) is 0 Å². The maximum atomic E-state index is 13.1. The number of nitrogens with one attached hydrogen (secondary N) is 1. The van der Waals surface area contributed by atoms with E-state index in [2.05, 4.69) is 20.2 Å². The summed E-state index contributed by atoms with van der Waals surface area (Å²) in [7, 11) is 1.72. The summed E-state index contributed by atoms with van der Waals surface area (Å²) in [6.07, 6.45) is 1.51. The molecule has 0 aromatic carbocycles. The SMILES string of the molecule is CCC[C@@H](NC(=O)C1(C)CSC(C(C)=NC)=N1)c1cc(N(CC)CC)cc(=O)o1. The minimum atomic E-state index is -0.866. The van der Waals surface area contributed by atoms with Crippen molar-refractivity contribution in [3.05, 3.63) is 28.3 Å². The molecule has 1 unspecified atom stereocenters. The van der Waals surface area contributed by atoms with Gasteiger partial charge in [-0.1, -0.05) is 13.3 Å². The fourth-order valence-electron chi connectivity index (χ4n) is 3.21. The van der Waals surface area contributed by atoms with Crippen LogP contribution in [0.3, 0.4) is 0 Å². The van der Waals surface area contributed by atoms with Gasteiger partial charge in [-0.2, -0.15) is 0 Å². The lowest BCUT2D eigenvalue weighted by Gasteiger charge is -2.25. The summed E-state index contributed by atoms with van der Waals surface area (Å²) in [5.74, 6) is 0.876. The molecule has 1 amide bonds. The number of nitrogens with zero attached hydrogens (tertiary/aromatic N) is 3. The van der Waals surface area contributed by atoms with Gasteiger partial charge in [-0.15, -0.1) is 11.8 Å². The first-order chi connectivity index (χ1) is 13.8. The Morgan fingerprint density at radius 3 is 2.66 bits per heavy atom. The van der Waals surface area contributed by atoms with Gasteiger partial charge >= 0.3 is 5.63 Å². The van der Waals surface area contributed by atoms with Gasteiger partial charge in [0.15, 0.2) is 0 Å². The third kappa shape index (κ3) is 5.50. The third-order valence-corrected chi connectivity index (χ3v) is 6.47. The molecule has 2 heterocycles. The molecular formula is C21H32N4O3S. The molecule has 0 bridgehead atoms. The molecule has 1 aromatic rings. The Hall–Kier alpha value is -2.09. The average Bonchev–Trinajstić information content (AvgIpc) is 3.11. The molecule has 1 aliphatic heterocycles. The maximum absolute atomic E-state index is 13.1. The summed E-state index contributed by atoms with van der Waals surface area (Å²) in [6.45, 7) is 11.4. The Kier molecular flexibility index (Phi) is 8.07. The van der Waals surface area contributed by atoms with Gasteiger partial charge in [0.25, 0.3) is 0 Å². The van der Waals surface area contributed by atoms with E-state index >= 15 is 0 Å². The van der Waals surface area contributed by atoms with Crippen LogP contribution < -0.4 is 15.8 Å². The molecule has 0 aliphatic carbocycles. The number of hydrogen-bond donors (Lipinski definition) is 1. The van der Waals surface area contributed by atoms with Crippen molar-refractivity contribution in [3.8, 4) is 0 Å². The molecule has 0 saturated heterocycles. The van der Waals surface area contributed by atoms with Crippen molar-refractivity contribution in [1.29, 1.82) is 0 Å². The highest BCUT2D eigenvalue weighted by Gasteiger charge is 2.39. The van der Waals surface area contributed by atoms with Crippen LogP contribution in [0.1, 0.15) is 59.3 Å². The van der Waals surface area contributed by atoms with Crippen LogP contribution in [0.5, 0.6) is 0 Å². The van der Waals surface area contributed by atoms with Gasteiger partial charge in [0.1, 0.15) is 16.3 Å². The second kappa shape index (κ2) is 10.1. The number of anilines is 1. The Bertz CT molecular complexity index is 845. The Morgan fingerprint density at radius 1 is 1.38 bits per heavy atom. The van der Waals surface area contributed by atoms with Crippen LogP contribution in [0.2, 0.25) is 0 Å². The highest BCUT2D eigenvalue weighted by Crippen LogP contribution is 2.30. The topological polar surface area (TPSA) is 87.3 Å². The van der Waals surface area contributed by atoms with E-state index in [9.17, 15) is 9.59 Å². The number of carbonyl (C=O) groups is 1. The molecule has 0 radical (unpaired) electrons. The van der Waals surface area contributed by atoms with E-state index in [1.807, 2.05) is 40.7 Å². The molecule has 1 aromatic heterocycles. The van der Waals surface area contributed by atoms with Gasteiger partial charge in [0.05, 0.1) is 11.8 Å². The van der Waals surface area contributed by atoms with E-state index in [0.717, 1.165) is 36.0 Å². The van der Waals surface area contributed by atoms with Crippen molar-refractivity contribution in [2.75, 3.05) is 30.8 Å². The highest BCUT2D eigenvalue weighted by molar-refractivity contribution is 8.16. The van der Waals surface area contributed by atoms with Crippen LogP contribution in [-0.2, 0) is 4.79 Å². The van der Waals surface area contributed by atoms with E-state index in [1.54, 1.807) is 7.05 Å². The van der Waals surface area contributed by atoms with Crippen molar-refractivity contribution in [1.82, 2.24) is 5.32 Å². The molecule has 29 heavy (non-hydrogen) atoms. The molecule has 0 saturated carbocycles. The van der Waals surface area contributed by atoms with Gasteiger partial charge < -0.3 is 14.6 Å². The zero-order valence-electron chi connectivity index (χ0n) is 18.2. The van der Waals surface area contributed by atoms with E-state index in [0.29, 0.717) is 17.9 Å². The van der Waals surface area contributed by atoms with E-state index in [-0.39, 0.29) is 11.9 Å². The van der Waals surface area contributed by atoms with Gasteiger partial charge in [-0.3, -0.25) is 14.8 Å². The molecule has 0 spiro atoms. The van der Waals surface area contributed by atoms with E-state index in [1.165, 1.54) is 17.8 Å². The molecule has 8 heteroatoms. The Labute approximate surface area is 177 Å². The molecule has 1 aliphatic rings. The zero-order chi connectivity index (χ0) is 21.6. The zero-order valence-corrected chi connectivity index (χ0v) is 19.1. The second-order valence-corrected chi connectivity index (χ2v) is 8.28. The summed E-state index contributed by atoms with van der Waals surface area (Å²) in [5, 5.41) is 3.87. The predicted octanol–water partition coefficient (Wildman–Crippen LogP) is 3.44. The van der Waals surface area contributed by atoms with Crippen LogP contribution in [0, 0.1) is 0 Å². The van der Waals surface area contributed by atoms with Crippen molar-refractivity contribution in [2.45, 2.75) is 59.0 Å². The molecular weight excluding hydrogens is 388 g/mol. The minimum absolute atomic E-state index is 0.168. The Morgan fingerprint density at radius 2 is 2.07 bits per heavy atom. The lowest BCUT2D eigenvalue weighted by atomic mass is 10.0. The standard InChI is InChI=1S/C21H32N4O3S/c1-7-10-16(17-11-15(12-18(26)28-17)25(8-2)9-3)23-20(27)21(5)13-29-19(24-21)14(4)22-6/h11-12,16H,7-10,13H2,1-6H3,(H,23,27)/t16-,21?/m1/s1. The van der Waals surface area contributed by atoms with E-state index in [4.69, 9.17) is 4.42 Å². The van der Waals surface area contributed by atoms with Crippen LogP contribution in [0.4, 0.5) is 5.69 Å². The van der Waals surface area contributed by atoms with Crippen LogP contribution in [0.15, 0.2) is 31.3 Å². The van der Waals surface area contributed by atoms with Crippen molar-refractivity contribution >= 4 is 34.1 Å². The molecule has 7 nitrogen and oxygen atoms in total. The van der Waals surface area contributed by atoms with Crippen LogP contribution in [-0.4, -0.2) is 48.1 Å². The molecule has 1 N–H and O–H groups in total. The largest absolute Gasteiger partial charge is 0.426 e. The Balaban J connectivity index is 2.30. The number of amides is 1. The first-order valence-corrected chi connectivity index (χ1v) is 11.1. The normalized spacial score (nSPS) is 20.3. The second-order valence-electron chi connectivity index (χ2n) is 7.31. The fourth-order valence-corrected chi connectivity index (χ4v) is 4.39. The van der Waals surface area contributed by atoms with Gasteiger partial charge in [0, 0.05) is 43.7 Å². The maximum Gasteiger partial charge on any atom is 0.338 e. The number of hydrogen-bond acceptors (Lipinski definition) is 7. The van der Waals surface area contributed by atoms with Crippen molar-refractivity contribution < 1.29 is 9.21 Å². The summed E-state index contributed by atoms with van der Waals surface area (Å²) in [4.78, 5) is 36.1. The van der Waals surface area contributed by atoms with Crippen molar-refractivity contribution in [2.24, 2.45) is 9.98 Å². The molecule has 2 rings (SSSR count). The number of thioether (sulfide) groups is 1. The predicted molar refractivity (Wildman–Crippen MR) is 122 cm³/mol. The summed E-state index contributed by atoms with van der Waals surface area (Å²) in [6, 6.07) is 2.99. The summed E-state index contributed by atoms with van der Waals surface area (Å²) >= 11 is 1.54. The highest BCUT2D eigenvalue weighted by atomic mass is 32.2. The summed E-state index contributed by atoms with van der Waals surface area (Å²) < 4.78 is 5.49. The summed E-state index contributed by atoms with van der Waals surface area (Å²) in [5.41, 5.74) is 0.371. The first-order valence-electron chi connectivity index (χ1n) is 10.1. The molecule has 0 fully saturated rings. The molecule has 2 atom stereocenters. The average molecular weight is 421 g/mol. The number of carbonyl (C=O) groups excluding carboxylic acids is 1. The lowest BCUT2D eigenvalue weighted by Crippen LogP contribution is -2.45. The minimum Gasteiger partial charge on any atom is -0.426 e. The van der Waals surface area contributed by atoms with Gasteiger partial charge in [0.2, 0.25) is 5.91 Å². The smallest absolute Gasteiger partial charge is 0.338 e. The van der Waals surface area contributed by atoms with Crippen LogP contribution >= 0.6 is 11.8 Å².